The van der Waals surface area contributed by atoms with Crippen molar-refractivity contribution >= 4 is 22.8 Å². The van der Waals surface area contributed by atoms with E-state index in [1.165, 1.54) is 18.4 Å². The van der Waals surface area contributed by atoms with Gasteiger partial charge in [0.1, 0.15) is 6.54 Å². The van der Waals surface area contributed by atoms with Crippen LogP contribution in [0.5, 0.6) is 0 Å². The van der Waals surface area contributed by atoms with Crippen LogP contribution < -0.4 is 0 Å². The first kappa shape index (κ1) is 18.3. The number of benzene rings is 1. The molecule has 0 aliphatic heterocycles. The Balaban J connectivity index is 2.03. The molecule has 2 aromatic heterocycles. The third-order valence-electron chi connectivity index (χ3n) is 5.70. The minimum atomic E-state index is -0.971. The Kier molecular flexibility index (Phi) is 4.71. The fraction of sp³-hybridized carbons (Fsp3) is 0.364. The van der Waals surface area contributed by atoms with E-state index < -0.39 is 5.97 Å². The average Bonchev–Trinajstić information content (AvgIpc) is 3.41. The van der Waals surface area contributed by atoms with Gasteiger partial charge < -0.3 is 19.0 Å². The second-order valence-electron chi connectivity index (χ2n) is 7.67. The van der Waals surface area contributed by atoms with Gasteiger partial charge in [0, 0.05) is 25.0 Å². The molecule has 0 radical (unpaired) electrons. The standard InChI is InChI=1S/C22H24N2O4/c1-23(2)19(25)12-24-18-11-15(22(26)27)7-8-17(18)20(14-5-3-4-6-14)21(24)16-9-10-28-13-16/h7-11,13-14H,3-6,12H2,1-2H3,(H,26,27). The number of carboxylic acids is 1. The molecule has 6 heteroatoms. The van der Waals surface area contributed by atoms with Crippen LogP contribution in [-0.4, -0.2) is 40.5 Å². The highest BCUT2D eigenvalue weighted by Gasteiger charge is 2.29. The number of furan rings is 1. The van der Waals surface area contributed by atoms with Gasteiger partial charge in [-0.1, -0.05) is 18.9 Å². The van der Waals surface area contributed by atoms with Crippen LogP contribution in [0, 0.1) is 0 Å². The van der Waals surface area contributed by atoms with Crippen LogP contribution >= 0.6 is 0 Å². The molecule has 146 valence electrons. The molecule has 0 spiro atoms. The van der Waals surface area contributed by atoms with Gasteiger partial charge in [0.15, 0.2) is 0 Å². The Morgan fingerprint density at radius 2 is 1.96 bits per heavy atom. The van der Waals surface area contributed by atoms with Crippen molar-refractivity contribution < 1.29 is 19.1 Å². The molecule has 1 amide bonds. The maximum atomic E-state index is 12.6. The van der Waals surface area contributed by atoms with Crippen LogP contribution in [0.4, 0.5) is 0 Å². The smallest absolute Gasteiger partial charge is 0.335 e. The lowest BCUT2D eigenvalue weighted by atomic mass is 9.92. The van der Waals surface area contributed by atoms with Crippen molar-refractivity contribution in [1.82, 2.24) is 9.47 Å². The van der Waals surface area contributed by atoms with Crippen molar-refractivity contribution in [3.8, 4) is 11.3 Å². The third-order valence-corrected chi connectivity index (χ3v) is 5.70. The molecular weight excluding hydrogens is 356 g/mol. The number of amides is 1. The summed E-state index contributed by atoms with van der Waals surface area (Å²) in [5, 5.41) is 10.5. The largest absolute Gasteiger partial charge is 0.478 e. The maximum Gasteiger partial charge on any atom is 0.335 e. The Hall–Kier alpha value is -3.02. The Morgan fingerprint density at radius 1 is 1.21 bits per heavy atom. The Labute approximate surface area is 163 Å². The van der Waals surface area contributed by atoms with Gasteiger partial charge >= 0.3 is 5.97 Å². The number of carboxylic acid groups (broad SMARTS) is 1. The monoisotopic (exact) mass is 380 g/mol. The van der Waals surface area contributed by atoms with Gasteiger partial charge in [-0.3, -0.25) is 4.79 Å². The van der Waals surface area contributed by atoms with E-state index in [2.05, 4.69) is 0 Å². The van der Waals surface area contributed by atoms with E-state index in [1.807, 2.05) is 16.7 Å². The maximum absolute atomic E-state index is 12.6. The van der Waals surface area contributed by atoms with Crippen LogP contribution in [0.2, 0.25) is 0 Å². The highest BCUT2D eigenvalue weighted by Crippen LogP contribution is 2.45. The number of aromatic carboxylic acids is 1. The van der Waals surface area contributed by atoms with Crippen LogP contribution in [0.3, 0.4) is 0 Å². The molecule has 0 atom stereocenters. The summed E-state index contributed by atoms with van der Waals surface area (Å²) in [6.07, 6.45) is 7.91. The molecule has 1 aliphatic rings. The number of rotatable bonds is 5. The van der Waals surface area contributed by atoms with Gasteiger partial charge in [-0.15, -0.1) is 0 Å². The predicted octanol–water partition coefficient (Wildman–Crippen LogP) is 4.35. The van der Waals surface area contributed by atoms with Gasteiger partial charge in [0.05, 0.1) is 29.3 Å². The first-order valence-electron chi connectivity index (χ1n) is 9.59. The van der Waals surface area contributed by atoms with E-state index in [4.69, 9.17) is 4.42 Å². The highest BCUT2D eigenvalue weighted by molar-refractivity contribution is 5.99. The molecule has 3 aromatic rings. The fourth-order valence-corrected chi connectivity index (χ4v) is 4.29. The van der Waals surface area contributed by atoms with E-state index in [-0.39, 0.29) is 18.0 Å². The number of fused-ring (bicyclic) bond motifs is 1. The lowest BCUT2D eigenvalue weighted by Crippen LogP contribution is -2.26. The summed E-state index contributed by atoms with van der Waals surface area (Å²) in [5.74, 6) is -0.611. The lowest BCUT2D eigenvalue weighted by Gasteiger charge is -2.16. The van der Waals surface area contributed by atoms with E-state index >= 15 is 0 Å². The summed E-state index contributed by atoms with van der Waals surface area (Å²) in [4.78, 5) is 25.7. The zero-order valence-corrected chi connectivity index (χ0v) is 16.1. The molecule has 6 nitrogen and oxygen atoms in total. The predicted molar refractivity (Wildman–Crippen MR) is 107 cm³/mol. The number of hydrogen-bond donors (Lipinski definition) is 1. The summed E-state index contributed by atoms with van der Waals surface area (Å²) in [7, 11) is 3.46. The number of carbonyl (C=O) groups excluding carboxylic acids is 1. The highest BCUT2D eigenvalue weighted by atomic mass is 16.4. The van der Waals surface area contributed by atoms with Crippen LogP contribution in [0.1, 0.15) is 47.5 Å². The summed E-state index contributed by atoms with van der Waals surface area (Å²) in [5.41, 5.74) is 4.10. The normalized spacial score (nSPS) is 14.6. The number of hydrogen-bond acceptors (Lipinski definition) is 3. The molecule has 1 saturated carbocycles. The molecule has 1 aliphatic carbocycles. The van der Waals surface area contributed by atoms with Crippen molar-refractivity contribution in [2.24, 2.45) is 0 Å². The molecule has 28 heavy (non-hydrogen) atoms. The summed E-state index contributed by atoms with van der Waals surface area (Å²) < 4.78 is 7.31. The fourth-order valence-electron chi connectivity index (χ4n) is 4.29. The van der Waals surface area contributed by atoms with Crippen LogP contribution in [0.15, 0.2) is 41.2 Å². The average molecular weight is 380 g/mol. The summed E-state index contributed by atoms with van der Waals surface area (Å²) in [6, 6.07) is 7.14. The van der Waals surface area contributed by atoms with Gasteiger partial charge in [-0.25, -0.2) is 4.79 Å². The molecule has 0 saturated heterocycles. The SMILES string of the molecule is CN(C)C(=O)Cn1c(-c2ccoc2)c(C2CCCC2)c2ccc(C(=O)O)cc21. The minimum absolute atomic E-state index is 0.0413. The number of aromatic nitrogens is 1. The molecule has 4 rings (SSSR count). The van der Waals surface area contributed by atoms with Crippen LogP contribution in [0.25, 0.3) is 22.2 Å². The number of likely N-dealkylation sites (N-methyl/N-ethyl adjacent to an activating group) is 1. The Bertz CT molecular complexity index is 1020. The van der Waals surface area contributed by atoms with E-state index in [1.54, 1.807) is 43.7 Å². The molecule has 1 aromatic carbocycles. The molecule has 0 unspecified atom stereocenters. The molecule has 2 heterocycles. The second-order valence-corrected chi connectivity index (χ2v) is 7.67. The van der Waals surface area contributed by atoms with Crippen molar-refractivity contribution in [2.75, 3.05) is 14.1 Å². The van der Waals surface area contributed by atoms with Gasteiger partial charge in [-0.2, -0.15) is 0 Å². The van der Waals surface area contributed by atoms with E-state index in [0.29, 0.717) is 5.92 Å². The van der Waals surface area contributed by atoms with Gasteiger partial charge in [0.2, 0.25) is 5.91 Å². The molecule has 0 bridgehead atoms. The number of nitrogens with zero attached hydrogens (tertiary/aromatic N) is 2. The topological polar surface area (TPSA) is 75.7 Å². The third kappa shape index (κ3) is 3.09. The first-order chi connectivity index (χ1) is 13.5. The van der Waals surface area contributed by atoms with Gasteiger partial charge in [0.25, 0.3) is 0 Å². The number of carbonyl (C=O) groups is 2. The zero-order valence-electron chi connectivity index (χ0n) is 16.1. The van der Waals surface area contributed by atoms with Crippen LogP contribution in [-0.2, 0) is 11.3 Å². The van der Waals surface area contributed by atoms with Crippen molar-refractivity contribution in [3.05, 3.63) is 47.9 Å². The second kappa shape index (κ2) is 7.19. The minimum Gasteiger partial charge on any atom is -0.478 e. The quantitative estimate of drug-likeness (QED) is 0.714. The lowest BCUT2D eigenvalue weighted by molar-refractivity contribution is -0.129. The van der Waals surface area contributed by atoms with Crippen molar-refractivity contribution in [3.63, 3.8) is 0 Å². The van der Waals surface area contributed by atoms with Crippen molar-refractivity contribution in [2.45, 2.75) is 38.1 Å². The summed E-state index contributed by atoms with van der Waals surface area (Å²) in [6.45, 7) is 0.153. The first-order valence-corrected chi connectivity index (χ1v) is 9.59. The van der Waals surface area contributed by atoms with E-state index in [0.717, 1.165) is 35.0 Å². The molecule has 1 N–H and O–H groups in total. The molecular formula is C22H24N2O4. The summed E-state index contributed by atoms with van der Waals surface area (Å²) >= 11 is 0. The zero-order chi connectivity index (χ0) is 19.8. The van der Waals surface area contributed by atoms with Gasteiger partial charge in [-0.05, 0) is 42.5 Å². The van der Waals surface area contributed by atoms with E-state index in [9.17, 15) is 14.7 Å². The molecule has 1 fully saturated rings. The Morgan fingerprint density at radius 3 is 2.57 bits per heavy atom. The van der Waals surface area contributed by atoms with Crippen molar-refractivity contribution in [1.29, 1.82) is 0 Å².